The third kappa shape index (κ3) is 3.41. The second kappa shape index (κ2) is 6.28. The third-order valence-electron chi connectivity index (χ3n) is 3.27. The fourth-order valence-corrected chi connectivity index (χ4v) is 2.09. The molecule has 2 aromatic carbocycles. The Labute approximate surface area is 118 Å². The minimum absolute atomic E-state index is 0.198. The van der Waals surface area contributed by atoms with Crippen molar-refractivity contribution in [3.8, 4) is 5.75 Å². The number of halogens is 1. The van der Waals surface area contributed by atoms with Crippen LogP contribution in [0.4, 0.5) is 15.8 Å². The van der Waals surface area contributed by atoms with E-state index in [4.69, 9.17) is 10.5 Å². The molecule has 4 heteroatoms. The largest absolute Gasteiger partial charge is 0.497 e. The van der Waals surface area contributed by atoms with Crippen LogP contribution in [-0.2, 0) is 6.42 Å². The number of aryl methyl sites for hydroxylation is 1. The molecule has 0 aliphatic carbocycles. The van der Waals surface area contributed by atoms with Crippen molar-refractivity contribution >= 4 is 11.4 Å². The van der Waals surface area contributed by atoms with Gasteiger partial charge in [-0.05, 0) is 48.7 Å². The lowest BCUT2D eigenvalue weighted by Gasteiger charge is -2.12. The first-order chi connectivity index (χ1) is 9.60. The van der Waals surface area contributed by atoms with Crippen molar-refractivity contribution in [1.29, 1.82) is 0 Å². The van der Waals surface area contributed by atoms with E-state index in [0.29, 0.717) is 5.69 Å². The highest BCUT2D eigenvalue weighted by Gasteiger charge is 2.03. The molecule has 0 amide bonds. The minimum Gasteiger partial charge on any atom is -0.497 e. The first-order valence-corrected chi connectivity index (χ1v) is 6.52. The summed E-state index contributed by atoms with van der Waals surface area (Å²) < 4.78 is 18.2. The SMILES string of the molecule is COc1ccc(N)c(NCCc2ccc(F)cc2C)c1. The maximum atomic E-state index is 13.0. The van der Waals surface area contributed by atoms with E-state index in [0.717, 1.165) is 35.5 Å². The molecule has 0 saturated heterocycles. The Kier molecular flexibility index (Phi) is 4.45. The number of anilines is 2. The van der Waals surface area contributed by atoms with Crippen LogP contribution >= 0.6 is 0 Å². The number of rotatable bonds is 5. The molecular weight excluding hydrogens is 255 g/mol. The fraction of sp³-hybridized carbons (Fsp3) is 0.250. The summed E-state index contributed by atoms with van der Waals surface area (Å²) in [5.74, 6) is 0.566. The summed E-state index contributed by atoms with van der Waals surface area (Å²) in [5.41, 5.74) is 9.53. The molecule has 0 aliphatic heterocycles. The highest BCUT2D eigenvalue weighted by molar-refractivity contribution is 5.68. The molecule has 0 heterocycles. The summed E-state index contributed by atoms with van der Waals surface area (Å²) in [5, 5.41) is 3.28. The zero-order valence-corrected chi connectivity index (χ0v) is 11.7. The number of nitrogens with one attached hydrogen (secondary N) is 1. The van der Waals surface area contributed by atoms with Crippen molar-refractivity contribution in [3.05, 3.63) is 53.3 Å². The Balaban J connectivity index is 1.99. The van der Waals surface area contributed by atoms with Crippen LogP contribution in [-0.4, -0.2) is 13.7 Å². The van der Waals surface area contributed by atoms with Gasteiger partial charge in [-0.2, -0.15) is 0 Å². The summed E-state index contributed by atoms with van der Waals surface area (Å²) in [7, 11) is 1.62. The van der Waals surface area contributed by atoms with Crippen LogP contribution < -0.4 is 15.8 Å². The van der Waals surface area contributed by atoms with E-state index in [1.54, 1.807) is 13.2 Å². The van der Waals surface area contributed by atoms with Gasteiger partial charge in [0.05, 0.1) is 18.5 Å². The lowest BCUT2D eigenvalue weighted by atomic mass is 10.1. The monoisotopic (exact) mass is 274 g/mol. The average molecular weight is 274 g/mol. The summed E-state index contributed by atoms with van der Waals surface area (Å²) in [6, 6.07) is 10.4. The van der Waals surface area contributed by atoms with Crippen molar-refractivity contribution < 1.29 is 9.13 Å². The summed E-state index contributed by atoms with van der Waals surface area (Å²) in [6.45, 7) is 2.64. The molecule has 0 saturated carbocycles. The van der Waals surface area contributed by atoms with Crippen LogP contribution in [0.3, 0.4) is 0 Å². The number of hydrogen-bond acceptors (Lipinski definition) is 3. The number of nitrogens with two attached hydrogens (primary N) is 1. The van der Waals surface area contributed by atoms with Crippen LogP contribution in [0, 0.1) is 12.7 Å². The van der Waals surface area contributed by atoms with Gasteiger partial charge in [-0.25, -0.2) is 4.39 Å². The Morgan fingerprint density at radius 3 is 2.70 bits per heavy atom. The van der Waals surface area contributed by atoms with Crippen molar-refractivity contribution in [3.63, 3.8) is 0 Å². The number of nitrogen functional groups attached to an aromatic ring is 1. The number of ether oxygens (including phenoxy) is 1. The molecule has 2 aromatic rings. The second-order valence-corrected chi connectivity index (χ2v) is 4.70. The molecule has 3 nitrogen and oxygen atoms in total. The second-order valence-electron chi connectivity index (χ2n) is 4.70. The maximum absolute atomic E-state index is 13.0. The molecule has 20 heavy (non-hydrogen) atoms. The molecule has 2 rings (SSSR count). The van der Waals surface area contributed by atoms with Crippen molar-refractivity contribution in [2.75, 3.05) is 24.7 Å². The first-order valence-electron chi connectivity index (χ1n) is 6.52. The van der Waals surface area contributed by atoms with Crippen molar-refractivity contribution in [2.45, 2.75) is 13.3 Å². The zero-order valence-electron chi connectivity index (χ0n) is 11.7. The van der Waals surface area contributed by atoms with Crippen molar-refractivity contribution in [2.24, 2.45) is 0 Å². The normalized spacial score (nSPS) is 10.3. The van der Waals surface area contributed by atoms with E-state index in [2.05, 4.69) is 5.32 Å². The van der Waals surface area contributed by atoms with Crippen LogP contribution in [0.15, 0.2) is 36.4 Å². The number of benzene rings is 2. The smallest absolute Gasteiger partial charge is 0.123 e. The average Bonchev–Trinajstić information content (AvgIpc) is 2.43. The first kappa shape index (κ1) is 14.2. The molecule has 0 bridgehead atoms. The predicted molar refractivity (Wildman–Crippen MR) is 80.7 cm³/mol. The maximum Gasteiger partial charge on any atom is 0.123 e. The molecule has 0 fully saturated rings. The van der Waals surface area contributed by atoms with E-state index >= 15 is 0 Å². The summed E-state index contributed by atoms with van der Waals surface area (Å²) in [4.78, 5) is 0. The van der Waals surface area contributed by atoms with Gasteiger partial charge >= 0.3 is 0 Å². The Hall–Kier alpha value is -2.23. The topological polar surface area (TPSA) is 47.3 Å². The number of hydrogen-bond donors (Lipinski definition) is 2. The molecule has 0 spiro atoms. The van der Waals surface area contributed by atoms with Gasteiger partial charge in [-0.1, -0.05) is 6.07 Å². The van der Waals surface area contributed by atoms with Gasteiger partial charge in [-0.15, -0.1) is 0 Å². The zero-order chi connectivity index (χ0) is 14.5. The van der Waals surface area contributed by atoms with Gasteiger partial charge in [0.1, 0.15) is 11.6 Å². The standard InChI is InChI=1S/C16H19FN2O/c1-11-9-13(17)4-3-12(11)7-8-19-16-10-14(20-2)5-6-15(16)18/h3-6,9-10,19H,7-8,18H2,1-2H3. The molecule has 0 atom stereocenters. The van der Waals surface area contributed by atoms with Crippen LogP contribution in [0.5, 0.6) is 5.75 Å². The van der Waals surface area contributed by atoms with Gasteiger partial charge in [0.2, 0.25) is 0 Å². The van der Waals surface area contributed by atoms with Crippen LogP contribution in [0.1, 0.15) is 11.1 Å². The molecule has 0 unspecified atom stereocenters. The molecule has 0 aromatic heterocycles. The van der Waals surface area contributed by atoms with E-state index in [1.807, 2.05) is 31.2 Å². The van der Waals surface area contributed by atoms with E-state index in [-0.39, 0.29) is 5.82 Å². The van der Waals surface area contributed by atoms with Crippen LogP contribution in [0.2, 0.25) is 0 Å². The molecule has 0 radical (unpaired) electrons. The van der Waals surface area contributed by atoms with E-state index < -0.39 is 0 Å². The lowest BCUT2D eigenvalue weighted by Crippen LogP contribution is -2.08. The summed E-state index contributed by atoms with van der Waals surface area (Å²) in [6.07, 6.45) is 0.808. The van der Waals surface area contributed by atoms with Gasteiger partial charge in [-0.3, -0.25) is 0 Å². The fourth-order valence-electron chi connectivity index (χ4n) is 2.09. The Bertz CT molecular complexity index is 599. The van der Waals surface area contributed by atoms with Gasteiger partial charge in [0.25, 0.3) is 0 Å². The van der Waals surface area contributed by atoms with Crippen molar-refractivity contribution in [1.82, 2.24) is 0 Å². The number of methoxy groups -OCH3 is 1. The predicted octanol–water partition coefficient (Wildman–Crippen LogP) is 3.38. The van der Waals surface area contributed by atoms with Gasteiger partial charge < -0.3 is 15.8 Å². The quantitative estimate of drug-likeness (QED) is 0.822. The Morgan fingerprint density at radius 1 is 1.20 bits per heavy atom. The third-order valence-corrected chi connectivity index (χ3v) is 3.27. The molecular formula is C16H19FN2O. The molecule has 106 valence electrons. The Morgan fingerprint density at radius 2 is 2.00 bits per heavy atom. The van der Waals surface area contributed by atoms with Gasteiger partial charge in [0, 0.05) is 12.6 Å². The summed E-state index contributed by atoms with van der Waals surface area (Å²) >= 11 is 0. The lowest BCUT2D eigenvalue weighted by molar-refractivity contribution is 0.415. The van der Waals surface area contributed by atoms with E-state index in [9.17, 15) is 4.39 Å². The highest BCUT2D eigenvalue weighted by Crippen LogP contribution is 2.24. The molecule has 3 N–H and O–H groups in total. The van der Waals surface area contributed by atoms with E-state index in [1.165, 1.54) is 6.07 Å². The van der Waals surface area contributed by atoms with Gasteiger partial charge in [0.15, 0.2) is 0 Å². The minimum atomic E-state index is -0.198. The van der Waals surface area contributed by atoms with Crippen LogP contribution in [0.25, 0.3) is 0 Å². The highest BCUT2D eigenvalue weighted by atomic mass is 19.1. The molecule has 0 aliphatic rings.